The number of pyridine rings is 2. The molecule has 5 rings (SSSR count). The van der Waals surface area contributed by atoms with Crippen LogP contribution in [0.5, 0.6) is 0 Å². The largest absolute Gasteiger partial charge is 0.365 e. The number of aromatic nitrogens is 4. The second-order valence-electron chi connectivity index (χ2n) is 8.20. The zero-order valence-electron chi connectivity index (χ0n) is 18.7. The molecule has 0 aliphatic carbocycles. The van der Waals surface area contributed by atoms with E-state index in [1.54, 1.807) is 12.1 Å². The number of nitrogens with zero attached hydrogens (tertiary/aromatic N) is 4. The number of halogens is 3. The second-order valence-corrected chi connectivity index (χ2v) is 10.2. The standard InChI is InChI=1S/C23H20ClF2N7O2S/c24-22-19(33-36(34,35)20-4-1-14(25)10-16(20)26)9-13(11-28-22)17-2-3-18-21(32-17)23(30-12-29-18)31-15-5-7-27-8-6-15/h1-4,9-12,15,27,33H,5-8H2,(H,29,30,31). The van der Waals surface area contributed by atoms with Gasteiger partial charge in [0.05, 0.1) is 16.9 Å². The maximum absolute atomic E-state index is 14.1. The first-order valence-corrected chi connectivity index (χ1v) is 12.9. The Hall–Kier alpha value is -3.48. The summed E-state index contributed by atoms with van der Waals surface area (Å²) in [4.78, 5) is 16.7. The van der Waals surface area contributed by atoms with Gasteiger partial charge in [0.15, 0.2) is 11.0 Å². The average molecular weight is 532 g/mol. The van der Waals surface area contributed by atoms with E-state index >= 15 is 0 Å². The first kappa shape index (κ1) is 24.2. The minimum atomic E-state index is -4.41. The fourth-order valence-corrected chi connectivity index (χ4v) is 5.24. The normalized spacial score (nSPS) is 14.6. The van der Waals surface area contributed by atoms with Crippen LogP contribution >= 0.6 is 11.6 Å². The lowest BCUT2D eigenvalue weighted by Crippen LogP contribution is -2.35. The number of anilines is 2. The van der Waals surface area contributed by atoms with Gasteiger partial charge in [0.2, 0.25) is 0 Å². The molecule has 3 N–H and O–H groups in total. The van der Waals surface area contributed by atoms with Crippen LogP contribution < -0.4 is 15.4 Å². The molecule has 1 fully saturated rings. The van der Waals surface area contributed by atoms with Crippen LogP contribution in [-0.4, -0.2) is 47.5 Å². The predicted molar refractivity (Wildman–Crippen MR) is 132 cm³/mol. The van der Waals surface area contributed by atoms with Gasteiger partial charge in [-0.3, -0.25) is 4.72 Å². The molecule has 4 heterocycles. The lowest BCUT2D eigenvalue weighted by atomic mass is 10.1. The summed E-state index contributed by atoms with van der Waals surface area (Å²) in [6, 6.07) is 7.35. The van der Waals surface area contributed by atoms with Crippen LogP contribution in [0.25, 0.3) is 22.3 Å². The molecule has 4 aromatic rings. The Morgan fingerprint density at radius 3 is 2.61 bits per heavy atom. The molecule has 1 aliphatic rings. The first-order valence-electron chi connectivity index (χ1n) is 11.0. The lowest BCUT2D eigenvalue weighted by molar-refractivity contribution is 0.478. The van der Waals surface area contributed by atoms with Gasteiger partial charge < -0.3 is 10.6 Å². The van der Waals surface area contributed by atoms with Crippen molar-refractivity contribution in [1.82, 2.24) is 25.3 Å². The second kappa shape index (κ2) is 9.88. The number of hydrogen-bond acceptors (Lipinski definition) is 8. The van der Waals surface area contributed by atoms with Gasteiger partial charge in [-0.2, -0.15) is 0 Å². The summed E-state index contributed by atoms with van der Waals surface area (Å²) in [6.45, 7) is 1.83. The van der Waals surface area contributed by atoms with E-state index in [9.17, 15) is 17.2 Å². The molecule has 1 saturated heterocycles. The van der Waals surface area contributed by atoms with E-state index in [1.165, 1.54) is 18.6 Å². The monoisotopic (exact) mass is 531 g/mol. The first-order chi connectivity index (χ1) is 17.3. The van der Waals surface area contributed by atoms with Gasteiger partial charge in [0, 0.05) is 23.9 Å². The molecule has 9 nitrogen and oxygen atoms in total. The third-order valence-electron chi connectivity index (χ3n) is 5.72. The Morgan fingerprint density at radius 1 is 1.03 bits per heavy atom. The van der Waals surface area contributed by atoms with Crippen molar-refractivity contribution in [3.63, 3.8) is 0 Å². The molecule has 186 valence electrons. The number of piperidine rings is 1. The van der Waals surface area contributed by atoms with E-state index in [0.29, 0.717) is 34.2 Å². The Morgan fingerprint density at radius 2 is 1.83 bits per heavy atom. The topological polar surface area (TPSA) is 122 Å². The zero-order chi connectivity index (χ0) is 25.3. The van der Waals surface area contributed by atoms with Gasteiger partial charge in [-0.1, -0.05) is 11.6 Å². The lowest BCUT2D eigenvalue weighted by Gasteiger charge is -2.24. The van der Waals surface area contributed by atoms with Crippen LogP contribution in [0.4, 0.5) is 20.3 Å². The minimum Gasteiger partial charge on any atom is -0.365 e. The van der Waals surface area contributed by atoms with Crippen molar-refractivity contribution in [2.75, 3.05) is 23.1 Å². The molecule has 1 aromatic carbocycles. The molecule has 3 aromatic heterocycles. The van der Waals surface area contributed by atoms with E-state index < -0.39 is 26.6 Å². The summed E-state index contributed by atoms with van der Waals surface area (Å²) in [7, 11) is -4.41. The highest BCUT2D eigenvalue weighted by atomic mass is 35.5. The van der Waals surface area contributed by atoms with Crippen LogP contribution in [0, 0.1) is 11.6 Å². The van der Waals surface area contributed by atoms with Crippen molar-refractivity contribution in [3.8, 4) is 11.3 Å². The summed E-state index contributed by atoms with van der Waals surface area (Å²) in [6.07, 6.45) is 4.81. The number of benzene rings is 1. The van der Waals surface area contributed by atoms with Crippen molar-refractivity contribution in [1.29, 1.82) is 0 Å². The van der Waals surface area contributed by atoms with Gasteiger partial charge in [0.25, 0.3) is 10.0 Å². The SMILES string of the molecule is O=S(=O)(Nc1cc(-c2ccc3ncnc(NC4CCNCC4)c3n2)cnc1Cl)c1ccc(F)cc1F. The van der Waals surface area contributed by atoms with Crippen molar-refractivity contribution < 1.29 is 17.2 Å². The molecule has 13 heteroatoms. The van der Waals surface area contributed by atoms with Gasteiger partial charge in [0.1, 0.15) is 28.4 Å². The summed E-state index contributed by atoms with van der Waals surface area (Å²) in [5.74, 6) is -1.52. The molecule has 0 atom stereocenters. The quantitative estimate of drug-likeness (QED) is 0.319. The molecular formula is C23H20ClF2N7O2S. The van der Waals surface area contributed by atoms with Crippen molar-refractivity contribution >= 4 is 44.2 Å². The maximum Gasteiger partial charge on any atom is 0.264 e. The van der Waals surface area contributed by atoms with Crippen LogP contribution in [0.15, 0.2) is 53.8 Å². The number of hydrogen-bond donors (Lipinski definition) is 3. The van der Waals surface area contributed by atoms with E-state index in [1.807, 2.05) is 0 Å². The van der Waals surface area contributed by atoms with E-state index in [-0.39, 0.29) is 16.9 Å². The molecule has 0 saturated carbocycles. The molecule has 1 aliphatic heterocycles. The third-order valence-corrected chi connectivity index (χ3v) is 7.42. The Labute approximate surface area is 210 Å². The highest BCUT2D eigenvalue weighted by molar-refractivity contribution is 7.92. The predicted octanol–water partition coefficient (Wildman–Crippen LogP) is 3.98. The number of nitrogens with one attached hydrogen (secondary N) is 3. The molecule has 0 unspecified atom stereocenters. The van der Waals surface area contributed by atoms with Crippen LogP contribution in [0.2, 0.25) is 5.15 Å². The van der Waals surface area contributed by atoms with Crippen molar-refractivity contribution in [3.05, 3.63) is 65.7 Å². The highest BCUT2D eigenvalue weighted by Gasteiger charge is 2.22. The van der Waals surface area contributed by atoms with Gasteiger partial charge in [-0.05, 0) is 56.3 Å². The molecular weight excluding hydrogens is 512 g/mol. The van der Waals surface area contributed by atoms with Crippen LogP contribution in [-0.2, 0) is 10.0 Å². The van der Waals surface area contributed by atoms with E-state index in [2.05, 4.69) is 30.3 Å². The molecule has 0 radical (unpaired) electrons. The molecule has 0 spiro atoms. The van der Waals surface area contributed by atoms with Gasteiger partial charge >= 0.3 is 0 Å². The Bertz CT molecular complexity index is 1550. The van der Waals surface area contributed by atoms with Gasteiger partial charge in [-0.25, -0.2) is 37.1 Å². The van der Waals surface area contributed by atoms with E-state index in [0.717, 1.165) is 38.1 Å². The maximum atomic E-state index is 14.1. The summed E-state index contributed by atoms with van der Waals surface area (Å²) < 4.78 is 55.0. The Kier molecular flexibility index (Phi) is 6.65. The van der Waals surface area contributed by atoms with E-state index in [4.69, 9.17) is 16.6 Å². The highest BCUT2D eigenvalue weighted by Crippen LogP contribution is 2.30. The zero-order valence-corrected chi connectivity index (χ0v) is 20.2. The third kappa shape index (κ3) is 5.06. The van der Waals surface area contributed by atoms with Crippen molar-refractivity contribution in [2.24, 2.45) is 0 Å². The number of rotatable bonds is 6. The molecule has 36 heavy (non-hydrogen) atoms. The minimum absolute atomic E-state index is 0.0860. The van der Waals surface area contributed by atoms with Gasteiger partial charge in [-0.15, -0.1) is 0 Å². The smallest absolute Gasteiger partial charge is 0.264 e. The summed E-state index contributed by atoms with van der Waals surface area (Å²) >= 11 is 6.12. The fraction of sp³-hybridized carbons (Fsp3) is 0.217. The number of sulfonamides is 1. The summed E-state index contributed by atoms with van der Waals surface area (Å²) in [5, 5.41) is 6.60. The fourth-order valence-electron chi connectivity index (χ4n) is 3.92. The summed E-state index contributed by atoms with van der Waals surface area (Å²) in [5.41, 5.74) is 2.04. The average Bonchev–Trinajstić information content (AvgIpc) is 2.85. The Balaban J connectivity index is 1.48. The molecule has 0 amide bonds. The van der Waals surface area contributed by atoms with Crippen LogP contribution in [0.3, 0.4) is 0 Å². The van der Waals surface area contributed by atoms with Crippen molar-refractivity contribution in [2.45, 2.75) is 23.8 Å². The molecule has 0 bridgehead atoms. The van der Waals surface area contributed by atoms with Crippen LogP contribution in [0.1, 0.15) is 12.8 Å². The number of fused-ring (bicyclic) bond motifs is 1.